The second-order valence-corrected chi connectivity index (χ2v) is 5.92. The molecule has 0 fully saturated rings. The zero-order valence-corrected chi connectivity index (χ0v) is 13.8. The number of carbonyl (C=O) groups excluding carboxylic acids is 2. The van der Waals surface area contributed by atoms with Gasteiger partial charge < -0.3 is 15.4 Å². The van der Waals surface area contributed by atoms with Crippen LogP contribution in [0.3, 0.4) is 0 Å². The average molecular weight is 325 g/mol. The number of aromatic nitrogens is 1. The van der Waals surface area contributed by atoms with E-state index in [-0.39, 0.29) is 11.8 Å². The second-order valence-electron chi connectivity index (χ2n) is 5.92. The lowest BCUT2D eigenvalue weighted by Gasteiger charge is -2.13. The van der Waals surface area contributed by atoms with Gasteiger partial charge >= 0.3 is 0 Å². The molecule has 6 heteroatoms. The molecule has 3 rings (SSSR count). The van der Waals surface area contributed by atoms with Crippen molar-refractivity contribution in [3.63, 3.8) is 0 Å². The van der Waals surface area contributed by atoms with Crippen molar-refractivity contribution in [3.05, 3.63) is 47.2 Å². The Morgan fingerprint density at radius 1 is 1.21 bits per heavy atom. The minimum Gasteiger partial charge on any atom is -0.480 e. The minimum atomic E-state index is -0.603. The largest absolute Gasteiger partial charge is 0.480 e. The Morgan fingerprint density at radius 3 is 2.71 bits per heavy atom. The predicted molar refractivity (Wildman–Crippen MR) is 91.2 cm³/mol. The number of nitrogens with one attached hydrogen (secondary N) is 2. The Balaban J connectivity index is 1.74. The number of rotatable bonds is 3. The van der Waals surface area contributed by atoms with Crippen LogP contribution in [-0.4, -0.2) is 22.9 Å². The van der Waals surface area contributed by atoms with Crippen molar-refractivity contribution in [3.8, 4) is 5.75 Å². The fourth-order valence-electron chi connectivity index (χ4n) is 2.65. The molecule has 0 unspecified atom stereocenters. The first-order chi connectivity index (χ1) is 11.4. The number of nitrogens with zero attached hydrogens (tertiary/aromatic N) is 1. The van der Waals surface area contributed by atoms with E-state index in [0.717, 1.165) is 16.9 Å². The van der Waals surface area contributed by atoms with Crippen LogP contribution in [0.25, 0.3) is 0 Å². The van der Waals surface area contributed by atoms with E-state index in [0.29, 0.717) is 17.9 Å². The Bertz CT molecular complexity index is 786. The normalized spacial score (nSPS) is 15.4. The van der Waals surface area contributed by atoms with Gasteiger partial charge in [-0.3, -0.25) is 9.59 Å². The fourth-order valence-corrected chi connectivity index (χ4v) is 2.65. The van der Waals surface area contributed by atoms with Crippen LogP contribution in [0.4, 0.5) is 11.5 Å². The summed E-state index contributed by atoms with van der Waals surface area (Å²) >= 11 is 0. The van der Waals surface area contributed by atoms with Gasteiger partial charge in [0.15, 0.2) is 11.9 Å². The van der Waals surface area contributed by atoms with Crippen molar-refractivity contribution >= 4 is 23.3 Å². The van der Waals surface area contributed by atoms with E-state index in [1.165, 1.54) is 12.5 Å². The van der Waals surface area contributed by atoms with Crippen molar-refractivity contribution in [2.45, 2.75) is 33.3 Å². The summed E-state index contributed by atoms with van der Waals surface area (Å²) in [6.45, 7) is 5.45. The number of ether oxygens (including phenoxy) is 1. The number of carbonyl (C=O) groups is 2. The average Bonchev–Trinajstić information content (AvgIpc) is 2.92. The predicted octanol–water partition coefficient (Wildman–Crippen LogP) is 2.60. The summed E-state index contributed by atoms with van der Waals surface area (Å²) in [5.41, 5.74) is 3.80. The van der Waals surface area contributed by atoms with Crippen molar-refractivity contribution in [2.75, 3.05) is 10.6 Å². The minimum absolute atomic E-state index is 0.228. The standard InChI is InChI=1S/C18H19N3O3/c1-10-7-13-9-16(24-15(13)8-11(10)2)18(23)21-17-14(20-12(3)22)5-4-6-19-17/h4-8,16H,9H2,1-3H3,(H,20,22)(H,19,21,23)/t16-/m1/s1. The molecule has 1 aliphatic rings. The topological polar surface area (TPSA) is 80.3 Å². The molecule has 1 aromatic heterocycles. The zero-order valence-electron chi connectivity index (χ0n) is 13.8. The molecular weight excluding hydrogens is 306 g/mol. The van der Waals surface area contributed by atoms with E-state index in [1.54, 1.807) is 18.3 Å². The molecule has 2 heterocycles. The first-order valence-electron chi connectivity index (χ1n) is 7.74. The maximum atomic E-state index is 12.5. The monoisotopic (exact) mass is 325 g/mol. The van der Waals surface area contributed by atoms with Crippen LogP contribution in [0.2, 0.25) is 0 Å². The molecule has 0 saturated heterocycles. The van der Waals surface area contributed by atoms with Gasteiger partial charge in [-0.15, -0.1) is 0 Å². The number of hydrogen-bond donors (Lipinski definition) is 2. The summed E-state index contributed by atoms with van der Waals surface area (Å²) < 4.78 is 5.77. The van der Waals surface area contributed by atoms with Crippen LogP contribution < -0.4 is 15.4 Å². The number of benzene rings is 1. The van der Waals surface area contributed by atoms with Crippen LogP contribution >= 0.6 is 0 Å². The van der Waals surface area contributed by atoms with Gasteiger partial charge in [-0.1, -0.05) is 6.07 Å². The van der Waals surface area contributed by atoms with Gasteiger partial charge in [0.25, 0.3) is 5.91 Å². The lowest BCUT2D eigenvalue weighted by atomic mass is 10.0. The maximum absolute atomic E-state index is 12.5. The fraction of sp³-hybridized carbons (Fsp3) is 0.278. The highest BCUT2D eigenvalue weighted by Crippen LogP contribution is 2.32. The SMILES string of the molecule is CC(=O)Nc1cccnc1NC(=O)[C@H]1Cc2cc(C)c(C)cc2O1. The van der Waals surface area contributed by atoms with Gasteiger partial charge in [0.1, 0.15) is 5.75 Å². The van der Waals surface area contributed by atoms with E-state index in [1.807, 2.05) is 19.9 Å². The van der Waals surface area contributed by atoms with Crippen LogP contribution in [0.15, 0.2) is 30.5 Å². The van der Waals surface area contributed by atoms with Crippen LogP contribution in [-0.2, 0) is 16.0 Å². The molecular formula is C18H19N3O3. The van der Waals surface area contributed by atoms with Crippen molar-refractivity contribution in [2.24, 2.45) is 0 Å². The van der Waals surface area contributed by atoms with Crippen molar-refractivity contribution in [1.82, 2.24) is 4.98 Å². The number of aryl methyl sites for hydroxylation is 2. The van der Waals surface area contributed by atoms with Crippen molar-refractivity contribution < 1.29 is 14.3 Å². The molecule has 6 nitrogen and oxygen atoms in total. The molecule has 0 aliphatic carbocycles. The van der Waals surface area contributed by atoms with Gasteiger partial charge in [-0.05, 0) is 48.7 Å². The number of hydrogen-bond acceptors (Lipinski definition) is 4. The molecule has 1 aromatic carbocycles. The number of amides is 2. The molecule has 1 atom stereocenters. The van der Waals surface area contributed by atoms with Gasteiger partial charge in [-0.2, -0.15) is 0 Å². The second kappa shape index (κ2) is 6.31. The molecule has 2 N–H and O–H groups in total. The molecule has 0 spiro atoms. The summed E-state index contributed by atoms with van der Waals surface area (Å²) in [5.74, 6) is 0.548. The van der Waals surface area contributed by atoms with Crippen molar-refractivity contribution in [1.29, 1.82) is 0 Å². The summed E-state index contributed by atoms with van der Waals surface area (Å²) in [5, 5.41) is 5.38. The van der Waals surface area contributed by atoms with E-state index >= 15 is 0 Å². The quantitative estimate of drug-likeness (QED) is 0.909. The molecule has 2 aromatic rings. The molecule has 24 heavy (non-hydrogen) atoms. The maximum Gasteiger partial charge on any atom is 0.267 e. The van der Waals surface area contributed by atoms with E-state index in [9.17, 15) is 9.59 Å². The third-order valence-corrected chi connectivity index (χ3v) is 4.00. The Hall–Kier alpha value is -2.89. The number of pyridine rings is 1. The highest BCUT2D eigenvalue weighted by atomic mass is 16.5. The highest BCUT2D eigenvalue weighted by molar-refractivity contribution is 5.99. The first kappa shape index (κ1) is 16.0. The molecule has 124 valence electrons. The van der Waals surface area contributed by atoms with Gasteiger partial charge in [0.2, 0.25) is 5.91 Å². The highest BCUT2D eigenvalue weighted by Gasteiger charge is 2.30. The molecule has 0 saturated carbocycles. The molecule has 0 radical (unpaired) electrons. The van der Waals surface area contributed by atoms with Gasteiger partial charge in [0.05, 0.1) is 5.69 Å². The first-order valence-corrected chi connectivity index (χ1v) is 7.74. The summed E-state index contributed by atoms with van der Waals surface area (Å²) in [6, 6.07) is 7.39. The molecule has 2 amide bonds. The molecule has 0 bridgehead atoms. The third kappa shape index (κ3) is 3.22. The van der Waals surface area contributed by atoms with E-state index in [4.69, 9.17) is 4.74 Å². The lowest BCUT2D eigenvalue weighted by molar-refractivity contribution is -0.122. The van der Waals surface area contributed by atoms with Gasteiger partial charge in [-0.25, -0.2) is 4.98 Å². The lowest BCUT2D eigenvalue weighted by Crippen LogP contribution is -2.32. The van der Waals surface area contributed by atoms with Crippen LogP contribution in [0.1, 0.15) is 23.6 Å². The van der Waals surface area contributed by atoms with Crippen LogP contribution in [0.5, 0.6) is 5.75 Å². The number of fused-ring (bicyclic) bond motifs is 1. The van der Waals surface area contributed by atoms with Gasteiger partial charge in [0, 0.05) is 19.5 Å². The number of anilines is 2. The summed E-state index contributed by atoms with van der Waals surface area (Å²) in [4.78, 5) is 27.9. The molecule has 1 aliphatic heterocycles. The van der Waals surface area contributed by atoms with Crippen LogP contribution in [0, 0.1) is 13.8 Å². The Morgan fingerprint density at radius 2 is 1.96 bits per heavy atom. The Labute approximate surface area is 140 Å². The summed E-state index contributed by atoms with van der Waals surface area (Å²) in [7, 11) is 0. The zero-order chi connectivity index (χ0) is 17.3. The third-order valence-electron chi connectivity index (χ3n) is 4.00. The smallest absolute Gasteiger partial charge is 0.267 e. The Kier molecular flexibility index (Phi) is 4.20. The van der Waals surface area contributed by atoms with E-state index < -0.39 is 6.10 Å². The van der Waals surface area contributed by atoms with E-state index in [2.05, 4.69) is 21.7 Å². The summed E-state index contributed by atoms with van der Waals surface area (Å²) in [6.07, 6.45) is 1.47.